The fraction of sp³-hybridized carbons (Fsp3) is 0.929. The standard InChI is InChI=1S/C14H22O2S/c1-12-3-10-4-13(2,7-12)9-14(5-10,8-12)17-6-11(15)16/h10H,3-9H2,1-2H3,(H,15,16). The van der Waals surface area contributed by atoms with Gasteiger partial charge < -0.3 is 5.11 Å². The van der Waals surface area contributed by atoms with Crippen molar-refractivity contribution >= 4 is 17.7 Å². The summed E-state index contributed by atoms with van der Waals surface area (Å²) in [5, 5.41) is 8.92. The molecule has 4 aliphatic rings. The van der Waals surface area contributed by atoms with Crippen molar-refractivity contribution in [1.82, 2.24) is 0 Å². The summed E-state index contributed by atoms with van der Waals surface area (Å²) in [6, 6.07) is 0. The molecule has 0 aromatic carbocycles. The molecule has 17 heavy (non-hydrogen) atoms. The van der Waals surface area contributed by atoms with Gasteiger partial charge in [-0.1, -0.05) is 13.8 Å². The van der Waals surface area contributed by atoms with Crippen LogP contribution in [0.2, 0.25) is 0 Å². The van der Waals surface area contributed by atoms with Crippen molar-refractivity contribution in [3.05, 3.63) is 0 Å². The van der Waals surface area contributed by atoms with Crippen LogP contribution in [0, 0.1) is 16.7 Å². The van der Waals surface area contributed by atoms with Crippen LogP contribution in [0.3, 0.4) is 0 Å². The first-order valence-electron chi connectivity index (χ1n) is 6.68. The lowest BCUT2D eigenvalue weighted by Gasteiger charge is -2.65. The van der Waals surface area contributed by atoms with Gasteiger partial charge in [0.1, 0.15) is 0 Å². The molecule has 1 N–H and O–H groups in total. The molecule has 0 amide bonds. The number of hydrogen-bond donors (Lipinski definition) is 1. The maximum atomic E-state index is 10.8. The number of thioether (sulfide) groups is 1. The van der Waals surface area contributed by atoms with Crippen molar-refractivity contribution in [1.29, 1.82) is 0 Å². The smallest absolute Gasteiger partial charge is 0.313 e. The highest BCUT2D eigenvalue weighted by Crippen LogP contribution is 2.69. The van der Waals surface area contributed by atoms with Crippen molar-refractivity contribution in [2.45, 2.75) is 57.1 Å². The van der Waals surface area contributed by atoms with Crippen LogP contribution in [-0.2, 0) is 4.79 Å². The van der Waals surface area contributed by atoms with Gasteiger partial charge >= 0.3 is 5.97 Å². The van der Waals surface area contributed by atoms with Crippen LogP contribution in [0.4, 0.5) is 0 Å². The molecule has 4 fully saturated rings. The van der Waals surface area contributed by atoms with Crippen molar-refractivity contribution < 1.29 is 9.90 Å². The molecule has 0 aromatic rings. The van der Waals surface area contributed by atoms with Gasteiger partial charge in [0.25, 0.3) is 0 Å². The van der Waals surface area contributed by atoms with E-state index in [2.05, 4.69) is 13.8 Å². The van der Waals surface area contributed by atoms with E-state index in [1.807, 2.05) is 0 Å². The van der Waals surface area contributed by atoms with E-state index >= 15 is 0 Å². The average molecular weight is 254 g/mol. The monoisotopic (exact) mass is 254 g/mol. The SMILES string of the molecule is CC12CC3CC(C)(C1)CC(SCC(=O)O)(C3)C2. The molecule has 0 aromatic heterocycles. The summed E-state index contributed by atoms with van der Waals surface area (Å²) >= 11 is 1.74. The van der Waals surface area contributed by atoms with Crippen LogP contribution in [0.25, 0.3) is 0 Å². The van der Waals surface area contributed by atoms with E-state index < -0.39 is 5.97 Å². The quantitative estimate of drug-likeness (QED) is 0.837. The summed E-state index contributed by atoms with van der Waals surface area (Å²) in [6.07, 6.45) is 7.92. The van der Waals surface area contributed by atoms with Crippen molar-refractivity contribution in [3.8, 4) is 0 Å². The van der Waals surface area contributed by atoms with Crippen LogP contribution >= 0.6 is 11.8 Å². The number of aliphatic carboxylic acids is 1. The topological polar surface area (TPSA) is 37.3 Å². The van der Waals surface area contributed by atoms with Crippen LogP contribution in [0.5, 0.6) is 0 Å². The third-order valence-corrected chi connectivity index (χ3v) is 6.54. The molecule has 2 atom stereocenters. The predicted octanol–water partition coefficient (Wildman–Crippen LogP) is 3.55. The second-order valence-corrected chi connectivity index (χ2v) is 8.94. The highest BCUT2D eigenvalue weighted by atomic mass is 32.2. The van der Waals surface area contributed by atoms with E-state index in [1.165, 1.54) is 38.5 Å². The normalized spacial score (nSPS) is 51.8. The summed E-state index contributed by atoms with van der Waals surface area (Å²) in [5.74, 6) is 0.502. The molecule has 3 heteroatoms. The molecular formula is C14H22O2S. The second-order valence-electron chi connectivity index (χ2n) is 7.50. The summed E-state index contributed by atoms with van der Waals surface area (Å²) < 4.78 is 0.293. The molecule has 4 bridgehead atoms. The van der Waals surface area contributed by atoms with E-state index in [9.17, 15) is 4.79 Å². The highest BCUT2D eigenvalue weighted by Gasteiger charge is 2.60. The Labute approximate surface area is 108 Å². The molecule has 0 saturated heterocycles. The Kier molecular flexibility index (Phi) is 2.40. The number of carboxylic acids is 1. The molecule has 4 saturated carbocycles. The van der Waals surface area contributed by atoms with Crippen molar-refractivity contribution in [2.24, 2.45) is 16.7 Å². The number of hydrogen-bond acceptors (Lipinski definition) is 2. The van der Waals surface area contributed by atoms with Gasteiger partial charge in [-0.15, -0.1) is 11.8 Å². The third kappa shape index (κ3) is 2.00. The maximum Gasteiger partial charge on any atom is 0.313 e. The summed E-state index contributed by atoms with van der Waals surface area (Å²) in [7, 11) is 0. The molecule has 2 nitrogen and oxygen atoms in total. The zero-order valence-corrected chi connectivity index (χ0v) is 11.6. The largest absolute Gasteiger partial charge is 0.481 e. The Morgan fingerprint density at radius 2 is 1.76 bits per heavy atom. The lowest BCUT2D eigenvalue weighted by atomic mass is 9.45. The van der Waals surface area contributed by atoms with Crippen LogP contribution < -0.4 is 0 Å². The van der Waals surface area contributed by atoms with Crippen LogP contribution in [-0.4, -0.2) is 21.6 Å². The first-order chi connectivity index (χ1) is 7.82. The summed E-state index contributed by atoms with van der Waals surface area (Å²) in [6.45, 7) is 4.87. The van der Waals surface area contributed by atoms with Crippen LogP contribution in [0.1, 0.15) is 52.4 Å². The molecule has 4 aliphatic carbocycles. The van der Waals surface area contributed by atoms with E-state index in [0.717, 1.165) is 5.92 Å². The number of carboxylic acid groups (broad SMARTS) is 1. The van der Waals surface area contributed by atoms with E-state index in [-0.39, 0.29) is 0 Å². The van der Waals surface area contributed by atoms with E-state index in [4.69, 9.17) is 5.11 Å². The Balaban J connectivity index is 1.84. The Bertz CT molecular complexity index is 347. The first-order valence-corrected chi connectivity index (χ1v) is 7.67. The predicted molar refractivity (Wildman–Crippen MR) is 70.2 cm³/mol. The van der Waals surface area contributed by atoms with Gasteiger partial charge in [0, 0.05) is 4.75 Å². The van der Waals surface area contributed by atoms with Crippen molar-refractivity contribution in [2.75, 3.05) is 5.75 Å². The fourth-order valence-electron chi connectivity index (χ4n) is 5.72. The van der Waals surface area contributed by atoms with Gasteiger partial charge in [-0.25, -0.2) is 0 Å². The lowest BCUT2D eigenvalue weighted by molar-refractivity contribution is -0.134. The fourth-order valence-corrected chi connectivity index (χ4v) is 7.40. The average Bonchev–Trinajstić information content (AvgIpc) is 2.08. The third-order valence-electron chi connectivity index (χ3n) is 5.08. The Hall–Kier alpha value is -0.180. The second kappa shape index (κ2) is 3.43. The van der Waals surface area contributed by atoms with Gasteiger partial charge in [0.2, 0.25) is 0 Å². The number of carbonyl (C=O) groups is 1. The molecule has 96 valence electrons. The van der Waals surface area contributed by atoms with E-state index in [0.29, 0.717) is 21.3 Å². The first kappa shape index (κ1) is 11.9. The van der Waals surface area contributed by atoms with Gasteiger partial charge in [-0.2, -0.15) is 0 Å². The zero-order valence-electron chi connectivity index (χ0n) is 10.8. The molecule has 0 radical (unpaired) electrons. The van der Waals surface area contributed by atoms with Gasteiger partial charge in [-0.3, -0.25) is 4.79 Å². The van der Waals surface area contributed by atoms with Gasteiger partial charge in [0.15, 0.2) is 0 Å². The summed E-state index contributed by atoms with van der Waals surface area (Å²) in [5.41, 5.74) is 0.999. The zero-order chi connectivity index (χ0) is 12.3. The highest BCUT2D eigenvalue weighted by molar-refractivity contribution is 8.01. The molecule has 0 heterocycles. The summed E-state index contributed by atoms with van der Waals surface area (Å²) in [4.78, 5) is 10.8. The molecule has 2 unspecified atom stereocenters. The molecule has 0 spiro atoms. The minimum absolute atomic E-state index is 0.291. The van der Waals surface area contributed by atoms with E-state index in [1.54, 1.807) is 11.8 Å². The minimum Gasteiger partial charge on any atom is -0.481 e. The van der Waals surface area contributed by atoms with Gasteiger partial charge in [-0.05, 0) is 55.3 Å². The number of rotatable bonds is 3. The van der Waals surface area contributed by atoms with Crippen molar-refractivity contribution in [3.63, 3.8) is 0 Å². The van der Waals surface area contributed by atoms with Gasteiger partial charge in [0.05, 0.1) is 5.75 Å². The molecule has 4 rings (SSSR count). The molecular weight excluding hydrogens is 232 g/mol. The Morgan fingerprint density at radius 3 is 2.24 bits per heavy atom. The Morgan fingerprint density at radius 1 is 1.18 bits per heavy atom. The molecule has 0 aliphatic heterocycles. The van der Waals surface area contributed by atoms with Crippen LogP contribution in [0.15, 0.2) is 0 Å². The lowest BCUT2D eigenvalue weighted by Crippen LogP contribution is -2.57. The maximum absolute atomic E-state index is 10.8. The minimum atomic E-state index is -0.652.